The van der Waals surface area contributed by atoms with Crippen molar-refractivity contribution >= 4 is 29.2 Å². The van der Waals surface area contributed by atoms with Crippen LogP contribution in [0.15, 0.2) is 36.4 Å². The van der Waals surface area contributed by atoms with Crippen molar-refractivity contribution < 1.29 is 19.1 Å². The number of halogens is 1. The molecule has 0 aliphatic heterocycles. The number of ether oxygens (including phenoxy) is 2. The molecule has 29 heavy (non-hydrogen) atoms. The Hall–Kier alpha value is -2.53. The number of rotatable bonds is 6. The lowest BCUT2D eigenvalue weighted by atomic mass is 9.98. The van der Waals surface area contributed by atoms with Crippen molar-refractivity contribution in [2.45, 2.75) is 52.1 Å². The van der Waals surface area contributed by atoms with Crippen molar-refractivity contribution in [3.05, 3.63) is 58.1 Å². The van der Waals surface area contributed by atoms with Crippen LogP contribution in [0.2, 0.25) is 5.02 Å². The molecule has 3 rings (SSSR count). The van der Waals surface area contributed by atoms with Gasteiger partial charge in [0.1, 0.15) is 11.9 Å². The van der Waals surface area contributed by atoms with Crippen LogP contribution < -0.4 is 10.1 Å². The molecule has 0 heterocycles. The SMILES string of the molecule is Cc1cc(OCC(=O)Nc2ccc(C(=O)OC3CCCCC3)cc2)cc(C)c1Cl. The molecule has 1 saturated carbocycles. The maximum atomic E-state index is 12.2. The first kappa shape index (κ1) is 21.2. The van der Waals surface area contributed by atoms with Crippen LogP contribution in [0.5, 0.6) is 5.75 Å². The normalized spacial score (nSPS) is 14.3. The number of anilines is 1. The van der Waals surface area contributed by atoms with E-state index in [1.807, 2.05) is 13.8 Å². The Labute approximate surface area is 176 Å². The third-order valence-corrected chi connectivity index (χ3v) is 5.61. The minimum absolute atomic E-state index is 0.0212. The molecule has 0 spiro atoms. The molecule has 0 unspecified atom stereocenters. The number of carbonyl (C=O) groups is 2. The summed E-state index contributed by atoms with van der Waals surface area (Å²) in [6, 6.07) is 10.3. The second-order valence-electron chi connectivity index (χ2n) is 7.45. The van der Waals surface area contributed by atoms with Gasteiger partial charge in [-0.1, -0.05) is 18.0 Å². The number of amides is 1. The summed E-state index contributed by atoms with van der Waals surface area (Å²) in [5.74, 6) is -0.000248. The van der Waals surface area contributed by atoms with Crippen LogP contribution in [-0.4, -0.2) is 24.6 Å². The van der Waals surface area contributed by atoms with Gasteiger partial charge in [0.2, 0.25) is 0 Å². The van der Waals surface area contributed by atoms with Crippen LogP contribution in [0.3, 0.4) is 0 Å². The Bertz CT molecular complexity index is 850. The summed E-state index contributed by atoms with van der Waals surface area (Å²) in [6.45, 7) is 3.66. The van der Waals surface area contributed by atoms with Gasteiger partial charge in [-0.05, 0) is 87.1 Å². The van der Waals surface area contributed by atoms with Crippen molar-refractivity contribution in [3.8, 4) is 5.75 Å². The van der Waals surface area contributed by atoms with Gasteiger partial charge in [-0.25, -0.2) is 4.79 Å². The lowest BCUT2D eigenvalue weighted by Crippen LogP contribution is -2.21. The lowest BCUT2D eigenvalue weighted by molar-refractivity contribution is -0.118. The fraction of sp³-hybridized carbons (Fsp3) is 0.391. The summed E-state index contributed by atoms with van der Waals surface area (Å²) in [5.41, 5.74) is 2.88. The fourth-order valence-corrected chi connectivity index (χ4v) is 3.54. The van der Waals surface area contributed by atoms with E-state index in [2.05, 4.69) is 5.32 Å². The first-order valence-corrected chi connectivity index (χ1v) is 10.3. The number of aryl methyl sites for hydroxylation is 2. The zero-order valence-corrected chi connectivity index (χ0v) is 17.6. The van der Waals surface area contributed by atoms with Gasteiger partial charge in [0.15, 0.2) is 6.61 Å². The number of esters is 1. The maximum Gasteiger partial charge on any atom is 0.338 e. The smallest absolute Gasteiger partial charge is 0.338 e. The molecule has 0 bridgehead atoms. The summed E-state index contributed by atoms with van der Waals surface area (Å²) < 4.78 is 11.1. The molecular formula is C23H26ClNO4. The van der Waals surface area contributed by atoms with Crippen LogP contribution >= 0.6 is 11.6 Å². The highest BCUT2D eigenvalue weighted by molar-refractivity contribution is 6.32. The highest BCUT2D eigenvalue weighted by Gasteiger charge is 2.18. The molecule has 1 amide bonds. The molecule has 5 nitrogen and oxygen atoms in total. The first-order valence-electron chi connectivity index (χ1n) is 9.93. The summed E-state index contributed by atoms with van der Waals surface area (Å²) >= 11 is 6.14. The van der Waals surface area contributed by atoms with Crippen LogP contribution in [0, 0.1) is 13.8 Å². The van der Waals surface area contributed by atoms with E-state index >= 15 is 0 Å². The third kappa shape index (κ3) is 5.97. The van der Waals surface area contributed by atoms with E-state index in [0.29, 0.717) is 22.0 Å². The standard InChI is InChI=1S/C23H26ClNO4/c1-15-12-20(13-16(2)22(15)24)28-14-21(26)25-18-10-8-17(9-11-18)23(27)29-19-6-4-3-5-7-19/h8-13,19H,3-7,14H2,1-2H3,(H,25,26). The zero-order chi connectivity index (χ0) is 20.8. The highest BCUT2D eigenvalue weighted by atomic mass is 35.5. The Balaban J connectivity index is 1.50. The van der Waals surface area contributed by atoms with E-state index in [4.69, 9.17) is 21.1 Å². The predicted octanol–water partition coefficient (Wildman–Crippen LogP) is 5.46. The van der Waals surface area contributed by atoms with Crippen LogP contribution in [0.1, 0.15) is 53.6 Å². The molecule has 2 aromatic carbocycles. The number of hydrogen-bond donors (Lipinski definition) is 1. The summed E-state index contributed by atoms with van der Waals surface area (Å²) in [6.07, 6.45) is 5.33. The van der Waals surface area contributed by atoms with E-state index in [1.54, 1.807) is 36.4 Å². The summed E-state index contributed by atoms with van der Waals surface area (Å²) in [5, 5.41) is 3.46. The second kappa shape index (κ2) is 9.79. The average molecular weight is 416 g/mol. The van der Waals surface area contributed by atoms with Gasteiger partial charge in [0, 0.05) is 10.7 Å². The molecular weight excluding hydrogens is 390 g/mol. The number of benzene rings is 2. The van der Waals surface area contributed by atoms with Crippen molar-refractivity contribution in [2.75, 3.05) is 11.9 Å². The van der Waals surface area contributed by atoms with Gasteiger partial charge in [0.25, 0.3) is 5.91 Å². The molecule has 2 aromatic rings. The molecule has 0 aromatic heterocycles. The molecule has 1 fully saturated rings. The second-order valence-corrected chi connectivity index (χ2v) is 7.83. The first-order chi connectivity index (χ1) is 13.9. The van der Waals surface area contributed by atoms with E-state index < -0.39 is 0 Å². The molecule has 1 N–H and O–H groups in total. The van der Waals surface area contributed by atoms with Gasteiger partial charge in [0.05, 0.1) is 5.56 Å². The Kier molecular flexibility index (Phi) is 7.15. The van der Waals surface area contributed by atoms with Crippen LogP contribution in [-0.2, 0) is 9.53 Å². The summed E-state index contributed by atoms with van der Waals surface area (Å²) in [4.78, 5) is 24.4. The van der Waals surface area contributed by atoms with Crippen LogP contribution in [0.4, 0.5) is 5.69 Å². The van der Waals surface area contributed by atoms with Gasteiger partial charge < -0.3 is 14.8 Å². The van der Waals surface area contributed by atoms with Crippen molar-refractivity contribution in [1.29, 1.82) is 0 Å². The van der Waals surface area contributed by atoms with E-state index in [9.17, 15) is 9.59 Å². The van der Waals surface area contributed by atoms with Gasteiger partial charge >= 0.3 is 5.97 Å². The lowest BCUT2D eigenvalue weighted by Gasteiger charge is -2.21. The number of hydrogen-bond acceptors (Lipinski definition) is 4. The van der Waals surface area contributed by atoms with Crippen molar-refractivity contribution in [1.82, 2.24) is 0 Å². The Morgan fingerprint density at radius 2 is 1.66 bits per heavy atom. The van der Waals surface area contributed by atoms with E-state index in [0.717, 1.165) is 36.8 Å². The molecule has 154 valence electrons. The van der Waals surface area contributed by atoms with Gasteiger partial charge in [-0.2, -0.15) is 0 Å². The minimum Gasteiger partial charge on any atom is -0.484 e. The number of nitrogens with one attached hydrogen (secondary N) is 1. The van der Waals surface area contributed by atoms with Gasteiger partial charge in [-0.3, -0.25) is 4.79 Å². The third-order valence-electron chi connectivity index (χ3n) is 5.01. The molecule has 1 aliphatic carbocycles. The number of carbonyl (C=O) groups excluding carboxylic acids is 2. The van der Waals surface area contributed by atoms with E-state index in [1.165, 1.54) is 6.42 Å². The highest BCUT2D eigenvalue weighted by Crippen LogP contribution is 2.26. The average Bonchev–Trinajstić information content (AvgIpc) is 2.71. The van der Waals surface area contributed by atoms with Gasteiger partial charge in [-0.15, -0.1) is 0 Å². The Morgan fingerprint density at radius 3 is 2.28 bits per heavy atom. The molecule has 0 radical (unpaired) electrons. The molecule has 1 aliphatic rings. The predicted molar refractivity (Wildman–Crippen MR) is 114 cm³/mol. The van der Waals surface area contributed by atoms with Crippen LogP contribution in [0.25, 0.3) is 0 Å². The Morgan fingerprint density at radius 1 is 1.03 bits per heavy atom. The maximum absolute atomic E-state index is 12.2. The van der Waals surface area contributed by atoms with Crippen molar-refractivity contribution in [2.24, 2.45) is 0 Å². The quantitative estimate of drug-likeness (QED) is 0.636. The largest absolute Gasteiger partial charge is 0.484 e. The molecule has 6 heteroatoms. The minimum atomic E-state index is -0.313. The van der Waals surface area contributed by atoms with E-state index in [-0.39, 0.29) is 24.6 Å². The summed E-state index contributed by atoms with van der Waals surface area (Å²) in [7, 11) is 0. The fourth-order valence-electron chi connectivity index (χ4n) is 3.43. The topological polar surface area (TPSA) is 64.6 Å². The molecule has 0 saturated heterocycles. The van der Waals surface area contributed by atoms with Crippen molar-refractivity contribution in [3.63, 3.8) is 0 Å². The zero-order valence-electron chi connectivity index (χ0n) is 16.8. The molecule has 0 atom stereocenters. The monoisotopic (exact) mass is 415 g/mol.